The summed E-state index contributed by atoms with van der Waals surface area (Å²) in [5.41, 5.74) is 0. The molecule has 88 valence electrons. The Morgan fingerprint density at radius 3 is 2.47 bits per heavy atom. The maximum Gasteiger partial charge on any atom is 0.320 e. The fourth-order valence-electron chi connectivity index (χ4n) is 1.91. The molecule has 0 aliphatic carbocycles. The fourth-order valence-corrected chi connectivity index (χ4v) is 1.91. The largest absolute Gasteiger partial charge is 0.396 e. The number of hydrogen-bond acceptors (Lipinski definition) is 2. The van der Waals surface area contributed by atoms with Gasteiger partial charge >= 0.3 is 6.03 Å². The van der Waals surface area contributed by atoms with E-state index in [4.69, 9.17) is 5.11 Å². The highest BCUT2D eigenvalue weighted by Gasteiger charge is 2.24. The van der Waals surface area contributed by atoms with Gasteiger partial charge in [-0.1, -0.05) is 0 Å². The minimum absolute atomic E-state index is 0.135. The van der Waals surface area contributed by atoms with E-state index in [0.29, 0.717) is 13.0 Å². The highest BCUT2D eigenvalue weighted by atomic mass is 16.3. The van der Waals surface area contributed by atoms with E-state index in [2.05, 4.69) is 0 Å². The normalized spacial score (nSPS) is 16.1. The third kappa shape index (κ3) is 3.38. The second-order valence-electron chi connectivity index (χ2n) is 4.34. The number of likely N-dealkylation sites (tertiary alicyclic amines) is 1. The van der Waals surface area contributed by atoms with E-state index in [1.165, 1.54) is 0 Å². The van der Waals surface area contributed by atoms with E-state index in [1.54, 1.807) is 0 Å². The van der Waals surface area contributed by atoms with Gasteiger partial charge in [0.15, 0.2) is 0 Å². The van der Waals surface area contributed by atoms with Crippen molar-refractivity contribution in [2.24, 2.45) is 0 Å². The quantitative estimate of drug-likeness (QED) is 0.766. The third-order valence-electron chi connectivity index (χ3n) is 2.80. The standard InChI is InChI=1S/C11H22N2O2/c1-10(2)13(8-5-9-14)11(15)12-6-3-4-7-12/h10,14H,3-9H2,1-2H3. The zero-order valence-electron chi connectivity index (χ0n) is 9.78. The van der Waals surface area contributed by atoms with Crippen molar-refractivity contribution in [3.05, 3.63) is 0 Å². The van der Waals surface area contributed by atoms with Crippen LogP contribution in [0, 0.1) is 0 Å². The number of rotatable bonds is 4. The van der Waals surface area contributed by atoms with E-state index >= 15 is 0 Å². The van der Waals surface area contributed by atoms with E-state index in [-0.39, 0.29) is 18.7 Å². The van der Waals surface area contributed by atoms with Crippen LogP contribution in [0.1, 0.15) is 33.1 Å². The zero-order valence-corrected chi connectivity index (χ0v) is 9.78. The van der Waals surface area contributed by atoms with Gasteiger partial charge in [-0.25, -0.2) is 4.79 Å². The molecule has 1 rings (SSSR count). The number of amides is 2. The molecule has 0 radical (unpaired) electrons. The molecule has 1 N–H and O–H groups in total. The summed E-state index contributed by atoms with van der Waals surface area (Å²) in [4.78, 5) is 15.8. The molecule has 0 saturated carbocycles. The first-order chi connectivity index (χ1) is 7.16. The Bertz CT molecular complexity index is 201. The molecular formula is C11H22N2O2. The summed E-state index contributed by atoms with van der Waals surface area (Å²) in [6, 6.07) is 0.348. The van der Waals surface area contributed by atoms with Crippen molar-refractivity contribution < 1.29 is 9.90 Å². The zero-order chi connectivity index (χ0) is 11.3. The summed E-state index contributed by atoms with van der Waals surface area (Å²) in [6.45, 7) is 6.62. The maximum absolute atomic E-state index is 12.1. The van der Waals surface area contributed by atoms with Crippen molar-refractivity contribution in [1.29, 1.82) is 0 Å². The lowest BCUT2D eigenvalue weighted by molar-refractivity contribution is 0.143. The molecular weight excluding hydrogens is 192 g/mol. The number of hydrogen-bond donors (Lipinski definition) is 1. The van der Waals surface area contributed by atoms with Crippen molar-refractivity contribution in [1.82, 2.24) is 9.80 Å². The van der Waals surface area contributed by atoms with Gasteiger partial charge in [0, 0.05) is 32.3 Å². The number of nitrogens with zero attached hydrogens (tertiary/aromatic N) is 2. The van der Waals surface area contributed by atoms with Gasteiger partial charge in [-0.05, 0) is 33.1 Å². The van der Waals surface area contributed by atoms with Crippen molar-refractivity contribution in [3.8, 4) is 0 Å². The summed E-state index contributed by atoms with van der Waals surface area (Å²) in [7, 11) is 0. The fraction of sp³-hybridized carbons (Fsp3) is 0.909. The van der Waals surface area contributed by atoms with Gasteiger partial charge in [0.1, 0.15) is 0 Å². The topological polar surface area (TPSA) is 43.8 Å². The third-order valence-corrected chi connectivity index (χ3v) is 2.80. The Labute approximate surface area is 91.9 Å². The molecule has 4 heteroatoms. The van der Waals surface area contributed by atoms with E-state index < -0.39 is 0 Å². The number of carbonyl (C=O) groups excluding carboxylic acids is 1. The lowest BCUT2D eigenvalue weighted by atomic mass is 10.3. The number of aliphatic hydroxyl groups is 1. The molecule has 1 aliphatic rings. The van der Waals surface area contributed by atoms with Crippen LogP contribution in [0.2, 0.25) is 0 Å². The molecule has 0 spiro atoms. The second-order valence-corrected chi connectivity index (χ2v) is 4.34. The van der Waals surface area contributed by atoms with Gasteiger partial charge in [0.2, 0.25) is 0 Å². The van der Waals surface area contributed by atoms with Crippen molar-refractivity contribution in [2.45, 2.75) is 39.2 Å². The molecule has 0 aromatic carbocycles. The molecule has 1 saturated heterocycles. The Hall–Kier alpha value is -0.770. The van der Waals surface area contributed by atoms with Gasteiger partial charge in [-0.2, -0.15) is 0 Å². The molecule has 15 heavy (non-hydrogen) atoms. The average molecular weight is 214 g/mol. The van der Waals surface area contributed by atoms with E-state index in [9.17, 15) is 4.79 Å². The van der Waals surface area contributed by atoms with Gasteiger partial charge in [0.05, 0.1) is 0 Å². The predicted molar refractivity (Wildman–Crippen MR) is 59.7 cm³/mol. The molecule has 0 atom stereocenters. The lowest BCUT2D eigenvalue weighted by Gasteiger charge is -2.31. The Balaban J connectivity index is 2.49. The van der Waals surface area contributed by atoms with Gasteiger partial charge in [-0.3, -0.25) is 0 Å². The minimum Gasteiger partial charge on any atom is -0.396 e. The highest BCUT2D eigenvalue weighted by Crippen LogP contribution is 2.12. The first-order valence-corrected chi connectivity index (χ1v) is 5.83. The van der Waals surface area contributed by atoms with Gasteiger partial charge < -0.3 is 14.9 Å². The lowest BCUT2D eigenvalue weighted by Crippen LogP contribution is -2.45. The average Bonchev–Trinajstić information content (AvgIpc) is 2.70. The number of urea groups is 1. The van der Waals surface area contributed by atoms with Crippen LogP contribution >= 0.6 is 0 Å². The Morgan fingerprint density at radius 1 is 1.40 bits per heavy atom. The molecule has 0 aromatic heterocycles. The number of aliphatic hydroxyl groups excluding tert-OH is 1. The smallest absolute Gasteiger partial charge is 0.320 e. The summed E-state index contributed by atoms with van der Waals surface area (Å²) in [5, 5.41) is 8.79. The molecule has 0 aromatic rings. The first-order valence-electron chi connectivity index (χ1n) is 5.83. The van der Waals surface area contributed by atoms with E-state index in [1.807, 2.05) is 23.6 Å². The van der Waals surface area contributed by atoms with Crippen LogP contribution in [-0.4, -0.2) is 53.2 Å². The molecule has 0 unspecified atom stereocenters. The van der Waals surface area contributed by atoms with Gasteiger partial charge in [0.25, 0.3) is 0 Å². The molecule has 4 nitrogen and oxygen atoms in total. The second kappa shape index (κ2) is 5.95. The minimum atomic E-state index is 0.135. The Morgan fingerprint density at radius 2 is 2.00 bits per heavy atom. The molecule has 0 bridgehead atoms. The highest BCUT2D eigenvalue weighted by molar-refractivity contribution is 5.75. The summed E-state index contributed by atoms with van der Waals surface area (Å²) in [5.74, 6) is 0. The summed E-state index contributed by atoms with van der Waals surface area (Å²) >= 11 is 0. The summed E-state index contributed by atoms with van der Waals surface area (Å²) in [6.07, 6.45) is 2.91. The monoisotopic (exact) mass is 214 g/mol. The van der Waals surface area contributed by atoms with Crippen LogP contribution in [0.25, 0.3) is 0 Å². The molecule has 2 amide bonds. The Kier molecular flexibility index (Phi) is 4.88. The predicted octanol–water partition coefficient (Wildman–Crippen LogP) is 1.29. The van der Waals surface area contributed by atoms with Crippen LogP contribution in [0.3, 0.4) is 0 Å². The van der Waals surface area contributed by atoms with Crippen LogP contribution < -0.4 is 0 Å². The van der Waals surface area contributed by atoms with Crippen LogP contribution in [-0.2, 0) is 0 Å². The molecule has 1 fully saturated rings. The van der Waals surface area contributed by atoms with Crippen molar-refractivity contribution in [3.63, 3.8) is 0 Å². The molecule has 1 aliphatic heterocycles. The SMILES string of the molecule is CC(C)N(CCCO)C(=O)N1CCCC1. The van der Waals surface area contributed by atoms with Crippen LogP contribution in [0.15, 0.2) is 0 Å². The first kappa shape index (κ1) is 12.3. The molecule has 1 heterocycles. The van der Waals surface area contributed by atoms with Crippen molar-refractivity contribution in [2.75, 3.05) is 26.2 Å². The number of carbonyl (C=O) groups is 1. The van der Waals surface area contributed by atoms with E-state index in [0.717, 1.165) is 25.9 Å². The maximum atomic E-state index is 12.1. The van der Waals surface area contributed by atoms with Crippen LogP contribution in [0.5, 0.6) is 0 Å². The summed E-state index contributed by atoms with van der Waals surface area (Å²) < 4.78 is 0. The van der Waals surface area contributed by atoms with Gasteiger partial charge in [-0.15, -0.1) is 0 Å². The van der Waals surface area contributed by atoms with Crippen LogP contribution in [0.4, 0.5) is 4.79 Å². The van der Waals surface area contributed by atoms with Crippen molar-refractivity contribution >= 4 is 6.03 Å².